The van der Waals surface area contributed by atoms with E-state index in [1.165, 1.54) is 6.92 Å². The van der Waals surface area contributed by atoms with Crippen molar-refractivity contribution in [1.82, 2.24) is 20.0 Å². The molecule has 6 heteroatoms. The second-order valence-electron chi connectivity index (χ2n) is 5.72. The van der Waals surface area contributed by atoms with Crippen LogP contribution in [0.1, 0.15) is 35.7 Å². The molecular formula is C17H20N4O2. The monoisotopic (exact) mass is 312 g/mol. The number of benzene rings is 1. The zero-order valence-electron chi connectivity index (χ0n) is 13.2. The van der Waals surface area contributed by atoms with Gasteiger partial charge in [-0.15, -0.1) is 0 Å². The van der Waals surface area contributed by atoms with E-state index in [2.05, 4.69) is 10.4 Å². The fraction of sp³-hybridized carbons (Fsp3) is 0.353. The minimum atomic E-state index is -0.0811. The lowest BCUT2D eigenvalue weighted by Gasteiger charge is -2.17. The highest BCUT2D eigenvalue weighted by Crippen LogP contribution is 2.19. The van der Waals surface area contributed by atoms with Gasteiger partial charge < -0.3 is 10.2 Å². The number of carbonyl (C=O) groups is 2. The number of carbonyl (C=O) groups excluding carboxylic acids is 2. The van der Waals surface area contributed by atoms with Gasteiger partial charge in [0.25, 0.3) is 5.91 Å². The van der Waals surface area contributed by atoms with Gasteiger partial charge in [0.05, 0.1) is 17.4 Å². The highest BCUT2D eigenvalue weighted by atomic mass is 16.2. The van der Waals surface area contributed by atoms with Crippen molar-refractivity contribution in [3.63, 3.8) is 0 Å². The maximum absolute atomic E-state index is 12.7. The van der Waals surface area contributed by atoms with E-state index in [0.29, 0.717) is 12.1 Å². The van der Waals surface area contributed by atoms with Crippen molar-refractivity contribution in [3.05, 3.63) is 47.8 Å². The molecule has 1 aliphatic heterocycles. The van der Waals surface area contributed by atoms with E-state index >= 15 is 0 Å². The van der Waals surface area contributed by atoms with Gasteiger partial charge >= 0.3 is 0 Å². The maximum atomic E-state index is 12.7. The molecule has 1 aromatic heterocycles. The summed E-state index contributed by atoms with van der Waals surface area (Å²) in [4.78, 5) is 25.6. The predicted molar refractivity (Wildman–Crippen MR) is 86.2 cm³/mol. The van der Waals surface area contributed by atoms with E-state index in [1.807, 2.05) is 35.4 Å². The molecule has 0 saturated carbocycles. The Bertz CT molecular complexity index is 717. The number of aromatic nitrogens is 2. The molecule has 23 heavy (non-hydrogen) atoms. The molecule has 0 bridgehead atoms. The van der Waals surface area contributed by atoms with E-state index in [9.17, 15) is 9.59 Å². The molecule has 120 valence electrons. The van der Waals surface area contributed by atoms with Crippen molar-refractivity contribution in [2.24, 2.45) is 0 Å². The van der Waals surface area contributed by atoms with Gasteiger partial charge in [-0.3, -0.25) is 9.59 Å². The number of hydrogen-bond acceptors (Lipinski definition) is 3. The molecule has 1 aromatic carbocycles. The number of likely N-dealkylation sites (tertiary alicyclic amines) is 1. The minimum absolute atomic E-state index is 0.0528. The Hall–Kier alpha value is -2.63. The fourth-order valence-electron chi connectivity index (χ4n) is 2.75. The number of para-hydroxylation sites is 1. The van der Waals surface area contributed by atoms with Crippen LogP contribution in [0.25, 0.3) is 5.69 Å². The molecule has 2 aromatic rings. The molecule has 1 aliphatic rings. The Labute approximate surface area is 135 Å². The quantitative estimate of drug-likeness (QED) is 0.935. The Kier molecular flexibility index (Phi) is 4.41. The molecule has 1 saturated heterocycles. The molecule has 1 fully saturated rings. The van der Waals surface area contributed by atoms with Crippen molar-refractivity contribution in [1.29, 1.82) is 0 Å². The summed E-state index contributed by atoms with van der Waals surface area (Å²) in [5, 5.41) is 7.07. The molecule has 2 amide bonds. The van der Waals surface area contributed by atoms with E-state index in [-0.39, 0.29) is 11.8 Å². The van der Waals surface area contributed by atoms with Gasteiger partial charge in [-0.1, -0.05) is 12.1 Å². The maximum Gasteiger partial charge on any atom is 0.256 e. The van der Waals surface area contributed by atoms with E-state index in [1.54, 1.807) is 10.9 Å². The van der Waals surface area contributed by atoms with Crippen LogP contribution in [0.4, 0.5) is 0 Å². The average Bonchev–Trinajstić information content (AvgIpc) is 3.24. The van der Waals surface area contributed by atoms with Gasteiger partial charge in [0, 0.05) is 38.3 Å². The molecule has 0 unspecified atom stereocenters. The first kappa shape index (κ1) is 15.3. The highest BCUT2D eigenvalue weighted by Gasteiger charge is 2.22. The highest BCUT2D eigenvalue weighted by molar-refractivity contribution is 5.97. The molecule has 2 heterocycles. The topological polar surface area (TPSA) is 67.2 Å². The number of hydrogen-bond donors (Lipinski definition) is 1. The fourth-order valence-corrected chi connectivity index (χ4v) is 2.75. The summed E-state index contributed by atoms with van der Waals surface area (Å²) in [6.07, 6.45) is 5.67. The number of nitrogens with zero attached hydrogens (tertiary/aromatic N) is 3. The second kappa shape index (κ2) is 6.64. The van der Waals surface area contributed by atoms with Gasteiger partial charge in [0.2, 0.25) is 5.91 Å². The van der Waals surface area contributed by atoms with Crippen LogP contribution in [0.3, 0.4) is 0 Å². The molecule has 0 atom stereocenters. The average molecular weight is 312 g/mol. The minimum Gasteiger partial charge on any atom is -0.352 e. The van der Waals surface area contributed by atoms with Crippen molar-refractivity contribution >= 4 is 11.8 Å². The van der Waals surface area contributed by atoms with Crippen molar-refractivity contribution < 1.29 is 9.59 Å². The summed E-state index contributed by atoms with van der Waals surface area (Å²) >= 11 is 0. The van der Waals surface area contributed by atoms with Gasteiger partial charge in [0.15, 0.2) is 0 Å². The Morgan fingerprint density at radius 1 is 1.22 bits per heavy atom. The third kappa shape index (κ3) is 3.41. The third-order valence-electron chi connectivity index (χ3n) is 3.95. The molecule has 0 radical (unpaired) electrons. The van der Waals surface area contributed by atoms with Gasteiger partial charge in [-0.25, -0.2) is 4.68 Å². The standard InChI is InChI=1S/C17H20N4O2/c1-13(22)18-10-14-11-19-21(12-14)16-7-3-2-6-15(16)17(23)20-8-4-5-9-20/h2-3,6-7,11-12H,4-5,8-10H2,1H3,(H,18,22). The zero-order valence-corrected chi connectivity index (χ0v) is 13.2. The Morgan fingerprint density at radius 3 is 2.70 bits per heavy atom. The summed E-state index contributed by atoms with van der Waals surface area (Å²) < 4.78 is 1.69. The zero-order chi connectivity index (χ0) is 16.2. The lowest BCUT2D eigenvalue weighted by molar-refractivity contribution is -0.119. The molecular weight excluding hydrogens is 292 g/mol. The largest absolute Gasteiger partial charge is 0.352 e. The summed E-state index contributed by atoms with van der Waals surface area (Å²) in [5.41, 5.74) is 2.31. The van der Waals surface area contributed by atoms with Crippen LogP contribution in [0.2, 0.25) is 0 Å². The van der Waals surface area contributed by atoms with Gasteiger partial charge in [-0.05, 0) is 25.0 Å². The van der Waals surface area contributed by atoms with Crippen molar-refractivity contribution in [3.8, 4) is 5.69 Å². The molecule has 3 rings (SSSR count). The molecule has 6 nitrogen and oxygen atoms in total. The summed E-state index contributed by atoms with van der Waals surface area (Å²) in [6.45, 7) is 3.55. The number of amides is 2. The summed E-state index contributed by atoms with van der Waals surface area (Å²) in [5.74, 6) is -0.0284. The van der Waals surface area contributed by atoms with E-state index < -0.39 is 0 Å². The molecule has 0 aliphatic carbocycles. The van der Waals surface area contributed by atoms with E-state index in [4.69, 9.17) is 0 Å². The Morgan fingerprint density at radius 2 is 1.96 bits per heavy atom. The van der Waals surface area contributed by atoms with Gasteiger partial charge in [0.1, 0.15) is 0 Å². The van der Waals surface area contributed by atoms with Crippen LogP contribution >= 0.6 is 0 Å². The third-order valence-corrected chi connectivity index (χ3v) is 3.95. The van der Waals surface area contributed by atoms with Crippen molar-refractivity contribution in [2.75, 3.05) is 13.1 Å². The second-order valence-corrected chi connectivity index (χ2v) is 5.72. The van der Waals surface area contributed by atoms with Crippen LogP contribution in [-0.2, 0) is 11.3 Å². The van der Waals surface area contributed by atoms with Crippen LogP contribution in [-0.4, -0.2) is 39.6 Å². The first-order valence-electron chi connectivity index (χ1n) is 7.82. The first-order chi connectivity index (χ1) is 11.1. The number of rotatable bonds is 4. The summed E-state index contributed by atoms with van der Waals surface area (Å²) in [7, 11) is 0. The summed E-state index contributed by atoms with van der Waals surface area (Å²) in [6, 6.07) is 7.49. The molecule has 0 spiro atoms. The number of nitrogens with one attached hydrogen (secondary N) is 1. The SMILES string of the molecule is CC(=O)NCc1cnn(-c2ccccc2C(=O)N2CCCC2)c1. The van der Waals surface area contributed by atoms with Crippen LogP contribution in [0, 0.1) is 0 Å². The lowest BCUT2D eigenvalue weighted by atomic mass is 10.1. The predicted octanol–water partition coefficient (Wildman–Crippen LogP) is 1.74. The lowest BCUT2D eigenvalue weighted by Crippen LogP contribution is -2.28. The van der Waals surface area contributed by atoms with Gasteiger partial charge in [-0.2, -0.15) is 5.10 Å². The molecule has 1 N–H and O–H groups in total. The van der Waals surface area contributed by atoms with Crippen molar-refractivity contribution in [2.45, 2.75) is 26.3 Å². The Balaban J connectivity index is 1.85. The normalized spacial score (nSPS) is 14.0. The van der Waals surface area contributed by atoms with E-state index in [0.717, 1.165) is 37.2 Å². The van der Waals surface area contributed by atoms with Crippen LogP contribution < -0.4 is 5.32 Å². The smallest absolute Gasteiger partial charge is 0.256 e. The van der Waals surface area contributed by atoms with Crippen LogP contribution in [0.15, 0.2) is 36.7 Å². The van der Waals surface area contributed by atoms with Crippen LogP contribution in [0.5, 0.6) is 0 Å². The first-order valence-corrected chi connectivity index (χ1v) is 7.82.